The Labute approximate surface area is 126 Å². The third kappa shape index (κ3) is 5.55. The number of nitrogens with one attached hydrogen (secondary N) is 1. The Kier molecular flexibility index (Phi) is 6.37. The van der Waals surface area contributed by atoms with E-state index in [4.69, 9.17) is 4.74 Å². The minimum absolute atomic E-state index is 0.0632. The number of nitrogens with zero attached hydrogens (tertiary/aromatic N) is 1. The number of rotatable bonds is 7. The number of ether oxygens (including phenoxy) is 1. The number of hydrogen-bond acceptors (Lipinski definition) is 4. The predicted molar refractivity (Wildman–Crippen MR) is 82.8 cm³/mol. The number of Topliss-reactive ketones (excluding diaryl/α,β-unsaturated/α-hetero) is 1. The summed E-state index contributed by atoms with van der Waals surface area (Å²) in [5.74, 6) is 0.419. The number of benzene rings is 1. The van der Waals surface area contributed by atoms with Crippen LogP contribution in [0.5, 0.6) is 5.75 Å². The lowest BCUT2D eigenvalue weighted by molar-refractivity contribution is -0.122. The standard InChI is InChI=1S/C16H24N2O3/c1-11(2)17-16(20)10-18(4)9-14(19)13-7-6-12(3)8-15(13)21-5/h6-8,11H,9-10H2,1-5H3,(H,17,20). The average Bonchev–Trinajstić information content (AvgIpc) is 2.36. The number of hydrogen-bond donors (Lipinski definition) is 1. The van der Waals surface area contributed by atoms with E-state index in [1.54, 1.807) is 25.1 Å². The zero-order valence-electron chi connectivity index (χ0n) is 13.4. The van der Waals surface area contributed by atoms with E-state index in [1.807, 2.05) is 32.9 Å². The molecule has 0 fully saturated rings. The topological polar surface area (TPSA) is 58.6 Å². The molecule has 0 spiro atoms. The molecule has 0 bridgehead atoms. The van der Waals surface area contributed by atoms with Crippen molar-refractivity contribution in [3.8, 4) is 5.75 Å². The molecular weight excluding hydrogens is 268 g/mol. The van der Waals surface area contributed by atoms with Gasteiger partial charge < -0.3 is 10.1 Å². The number of aryl methyl sites for hydroxylation is 1. The van der Waals surface area contributed by atoms with Crippen molar-refractivity contribution in [3.05, 3.63) is 29.3 Å². The third-order valence-corrected chi connectivity index (χ3v) is 2.93. The molecule has 21 heavy (non-hydrogen) atoms. The molecule has 0 heterocycles. The molecular formula is C16H24N2O3. The van der Waals surface area contributed by atoms with Gasteiger partial charge in [-0.05, 0) is 45.5 Å². The van der Waals surface area contributed by atoms with Gasteiger partial charge in [0.1, 0.15) is 5.75 Å². The number of amides is 1. The normalized spacial score (nSPS) is 10.8. The first-order valence-electron chi connectivity index (χ1n) is 6.99. The molecule has 1 rings (SSSR count). The molecule has 1 amide bonds. The molecule has 0 unspecified atom stereocenters. The summed E-state index contributed by atoms with van der Waals surface area (Å²) in [6.45, 7) is 6.11. The van der Waals surface area contributed by atoms with Crippen molar-refractivity contribution in [3.63, 3.8) is 0 Å². The SMILES string of the molecule is COc1cc(C)ccc1C(=O)CN(C)CC(=O)NC(C)C. The molecule has 0 atom stereocenters. The molecule has 1 aromatic carbocycles. The predicted octanol–water partition coefficient (Wildman–Crippen LogP) is 1.64. The Morgan fingerprint density at radius 3 is 2.52 bits per heavy atom. The highest BCUT2D eigenvalue weighted by Gasteiger charge is 2.16. The summed E-state index contributed by atoms with van der Waals surface area (Å²) in [5.41, 5.74) is 1.58. The number of methoxy groups -OCH3 is 1. The van der Waals surface area contributed by atoms with E-state index >= 15 is 0 Å². The van der Waals surface area contributed by atoms with Crippen LogP contribution in [0.1, 0.15) is 29.8 Å². The van der Waals surface area contributed by atoms with Gasteiger partial charge in [0.2, 0.25) is 5.91 Å². The summed E-state index contributed by atoms with van der Waals surface area (Å²) in [6, 6.07) is 5.57. The fourth-order valence-electron chi connectivity index (χ4n) is 2.03. The van der Waals surface area contributed by atoms with Gasteiger partial charge in [-0.2, -0.15) is 0 Å². The lowest BCUT2D eigenvalue weighted by Gasteiger charge is -2.17. The van der Waals surface area contributed by atoms with E-state index in [2.05, 4.69) is 5.32 Å². The minimum Gasteiger partial charge on any atom is -0.496 e. The zero-order chi connectivity index (χ0) is 16.0. The van der Waals surface area contributed by atoms with Crippen LogP contribution in [0.15, 0.2) is 18.2 Å². The van der Waals surface area contributed by atoms with Crippen LogP contribution < -0.4 is 10.1 Å². The smallest absolute Gasteiger partial charge is 0.234 e. The van der Waals surface area contributed by atoms with Crippen molar-refractivity contribution in [2.24, 2.45) is 0 Å². The summed E-state index contributed by atoms with van der Waals surface area (Å²) >= 11 is 0. The van der Waals surface area contributed by atoms with E-state index in [1.165, 1.54) is 0 Å². The first-order valence-corrected chi connectivity index (χ1v) is 6.99. The molecule has 0 aromatic heterocycles. The Hall–Kier alpha value is -1.88. The van der Waals surface area contributed by atoms with Gasteiger partial charge in [0.25, 0.3) is 0 Å². The van der Waals surface area contributed by atoms with E-state index in [-0.39, 0.29) is 30.8 Å². The van der Waals surface area contributed by atoms with Gasteiger partial charge in [-0.25, -0.2) is 0 Å². The van der Waals surface area contributed by atoms with Crippen LogP contribution in [0.4, 0.5) is 0 Å². The monoisotopic (exact) mass is 292 g/mol. The lowest BCUT2D eigenvalue weighted by atomic mass is 10.1. The second-order valence-electron chi connectivity index (χ2n) is 5.52. The van der Waals surface area contributed by atoms with Crippen LogP contribution in [0.3, 0.4) is 0 Å². The van der Waals surface area contributed by atoms with Crippen LogP contribution in [0, 0.1) is 6.92 Å². The van der Waals surface area contributed by atoms with Gasteiger partial charge in [-0.1, -0.05) is 6.07 Å². The molecule has 0 aliphatic carbocycles. The van der Waals surface area contributed by atoms with Crippen molar-refractivity contribution in [2.75, 3.05) is 27.2 Å². The van der Waals surface area contributed by atoms with Gasteiger partial charge >= 0.3 is 0 Å². The largest absolute Gasteiger partial charge is 0.496 e. The van der Waals surface area contributed by atoms with Gasteiger partial charge in [0.05, 0.1) is 25.8 Å². The molecule has 1 aromatic rings. The molecule has 0 aliphatic rings. The maximum Gasteiger partial charge on any atom is 0.234 e. The van der Waals surface area contributed by atoms with Gasteiger partial charge in [0, 0.05) is 6.04 Å². The molecule has 116 valence electrons. The van der Waals surface area contributed by atoms with Gasteiger partial charge in [0.15, 0.2) is 5.78 Å². The number of carbonyl (C=O) groups is 2. The van der Waals surface area contributed by atoms with E-state index in [0.29, 0.717) is 11.3 Å². The molecule has 5 nitrogen and oxygen atoms in total. The first kappa shape index (κ1) is 17.2. The average molecular weight is 292 g/mol. The molecule has 0 radical (unpaired) electrons. The van der Waals surface area contributed by atoms with Gasteiger partial charge in [-0.3, -0.25) is 14.5 Å². The summed E-state index contributed by atoms with van der Waals surface area (Å²) < 4.78 is 5.24. The van der Waals surface area contributed by atoms with Crippen molar-refractivity contribution in [2.45, 2.75) is 26.8 Å². The highest BCUT2D eigenvalue weighted by Crippen LogP contribution is 2.20. The van der Waals surface area contributed by atoms with Crippen molar-refractivity contribution >= 4 is 11.7 Å². The summed E-state index contributed by atoms with van der Waals surface area (Å²) in [7, 11) is 3.30. The maximum absolute atomic E-state index is 12.3. The van der Waals surface area contributed by atoms with E-state index in [0.717, 1.165) is 5.56 Å². The zero-order valence-corrected chi connectivity index (χ0v) is 13.4. The molecule has 0 saturated carbocycles. The molecule has 0 aliphatic heterocycles. The maximum atomic E-state index is 12.3. The van der Waals surface area contributed by atoms with E-state index in [9.17, 15) is 9.59 Å². The second-order valence-corrected chi connectivity index (χ2v) is 5.52. The van der Waals surface area contributed by atoms with Crippen LogP contribution in [-0.4, -0.2) is 49.9 Å². The molecule has 1 N–H and O–H groups in total. The van der Waals surface area contributed by atoms with Crippen LogP contribution in [0.2, 0.25) is 0 Å². The Balaban J connectivity index is 2.66. The van der Waals surface area contributed by atoms with Crippen LogP contribution in [0.25, 0.3) is 0 Å². The van der Waals surface area contributed by atoms with Crippen molar-refractivity contribution in [1.29, 1.82) is 0 Å². The minimum atomic E-state index is -0.0869. The quantitative estimate of drug-likeness (QED) is 0.776. The van der Waals surface area contributed by atoms with Gasteiger partial charge in [-0.15, -0.1) is 0 Å². The number of carbonyl (C=O) groups excluding carboxylic acids is 2. The second kappa shape index (κ2) is 7.78. The fourth-order valence-corrected chi connectivity index (χ4v) is 2.03. The Morgan fingerprint density at radius 1 is 1.29 bits per heavy atom. The number of likely N-dealkylation sites (N-methyl/N-ethyl adjacent to an activating group) is 1. The van der Waals surface area contributed by atoms with Crippen LogP contribution >= 0.6 is 0 Å². The molecule has 0 saturated heterocycles. The highest BCUT2D eigenvalue weighted by molar-refractivity contribution is 6.00. The van der Waals surface area contributed by atoms with Crippen molar-refractivity contribution < 1.29 is 14.3 Å². The fraction of sp³-hybridized carbons (Fsp3) is 0.500. The van der Waals surface area contributed by atoms with Crippen LogP contribution in [-0.2, 0) is 4.79 Å². The number of ketones is 1. The Bertz CT molecular complexity index is 512. The Morgan fingerprint density at radius 2 is 1.95 bits per heavy atom. The summed E-state index contributed by atoms with van der Waals surface area (Å²) in [6.07, 6.45) is 0. The molecule has 5 heteroatoms. The highest BCUT2D eigenvalue weighted by atomic mass is 16.5. The summed E-state index contributed by atoms with van der Waals surface area (Å²) in [5, 5.41) is 2.80. The van der Waals surface area contributed by atoms with Crippen molar-refractivity contribution in [1.82, 2.24) is 10.2 Å². The lowest BCUT2D eigenvalue weighted by Crippen LogP contribution is -2.40. The first-order chi connectivity index (χ1) is 9.83. The van der Waals surface area contributed by atoms with E-state index < -0.39 is 0 Å². The summed E-state index contributed by atoms with van der Waals surface area (Å²) in [4.78, 5) is 25.7. The third-order valence-electron chi connectivity index (χ3n) is 2.93.